The van der Waals surface area contributed by atoms with Crippen LogP contribution in [0, 0.1) is 5.82 Å². The van der Waals surface area contributed by atoms with Gasteiger partial charge in [0.1, 0.15) is 11.6 Å². The van der Waals surface area contributed by atoms with E-state index in [-0.39, 0.29) is 5.82 Å². The molecule has 2 saturated heterocycles. The highest BCUT2D eigenvalue weighted by atomic mass is 19.1. The Morgan fingerprint density at radius 1 is 1.37 bits per heavy atom. The Hall–Kier alpha value is -1.49. The standard InChI is InChI=1S/C14H20FN3O/c1-19-14-8-12(9(15)7-10(14)16)17-11-4-6-18-5-2-3-13(11)18/h7-8,11,13,17H,2-6,16H2,1H3. The van der Waals surface area contributed by atoms with Crippen molar-refractivity contribution in [1.29, 1.82) is 0 Å². The molecule has 2 aliphatic rings. The molecule has 3 rings (SSSR count). The molecule has 2 unspecified atom stereocenters. The van der Waals surface area contributed by atoms with E-state index >= 15 is 0 Å². The summed E-state index contributed by atoms with van der Waals surface area (Å²) in [5, 5.41) is 3.33. The van der Waals surface area contributed by atoms with Gasteiger partial charge in [-0.05, 0) is 25.8 Å². The second kappa shape index (κ2) is 4.89. The third kappa shape index (κ3) is 2.23. The number of anilines is 2. The molecular weight excluding hydrogens is 245 g/mol. The highest BCUT2D eigenvalue weighted by Gasteiger charge is 2.37. The summed E-state index contributed by atoms with van der Waals surface area (Å²) in [5.41, 5.74) is 6.52. The number of nitrogens with one attached hydrogen (secondary N) is 1. The second-order valence-electron chi connectivity index (χ2n) is 5.36. The van der Waals surface area contributed by atoms with Crippen LogP contribution in [0.2, 0.25) is 0 Å². The molecule has 104 valence electrons. The summed E-state index contributed by atoms with van der Waals surface area (Å²) in [6.45, 7) is 2.28. The maximum absolute atomic E-state index is 14.0. The molecule has 2 atom stereocenters. The van der Waals surface area contributed by atoms with Gasteiger partial charge in [0, 0.05) is 30.8 Å². The van der Waals surface area contributed by atoms with E-state index in [9.17, 15) is 4.39 Å². The van der Waals surface area contributed by atoms with Crippen molar-refractivity contribution in [3.8, 4) is 5.75 Å². The normalized spacial score (nSPS) is 26.4. The van der Waals surface area contributed by atoms with Crippen LogP contribution in [0.4, 0.5) is 15.8 Å². The molecule has 0 amide bonds. The van der Waals surface area contributed by atoms with Gasteiger partial charge < -0.3 is 15.8 Å². The summed E-state index contributed by atoms with van der Waals surface area (Å²) in [7, 11) is 1.54. The molecule has 2 aliphatic heterocycles. The zero-order valence-electron chi connectivity index (χ0n) is 11.2. The molecule has 4 nitrogen and oxygen atoms in total. The second-order valence-corrected chi connectivity index (χ2v) is 5.36. The van der Waals surface area contributed by atoms with Crippen LogP contribution >= 0.6 is 0 Å². The Morgan fingerprint density at radius 2 is 2.21 bits per heavy atom. The first-order chi connectivity index (χ1) is 9.19. The molecule has 5 heteroatoms. The van der Waals surface area contributed by atoms with Crippen molar-refractivity contribution in [2.75, 3.05) is 31.2 Å². The van der Waals surface area contributed by atoms with E-state index in [0.29, 0.717) is 29.2 Å². The van der Waals surface area contributed by atoms with E-state index in [1.54, 1.807) is 13.2 Å². The first kappa shape index (κ1) is 12.5. The minimum Gasteiger partial charge on any atom is -0.495 e. The largest absolute Gasteiger partial charge is 0.495 e. The van der Waals surface area contributed by atoms with Crippen molar-refractivity contribution in [1.82, 2.24) is 4.90 Å². The molecule has 1 aromatic carbocycles. The summed E-state index contributed by atoms with van der Waals surface area (Å²) in [6, 6.07) is 3.85. The summed E-state index contributed by atoms with van der Waals surface area (Å²) >= 11 is 0. The zero-order chi connectivity index (χ0) is 13.4. The van der Waals surface area contributed by atoms with Gasteiger partial charge in [-0.15, -0.1) is 0 Å². The van der Waals surface area contributed by atoms with Crippen LogP contribution in [0.1, 0.15) is 19.3 Å². The Labute approximate surface area is 112 Å². The SMILES string of the molecule is COc1cc(NC2CCN3CCCC23)c(F)cc1N. The highest BCUT2D eigenvalue weighted by molar-refractivity contribution is 5.62. The number of ether oxygens (including phenoxy) is 1. The van der Waals surface area contributed by atoms with Crippen molar-refractivity contribution in [2.45, 2.75) is 31.3 Å². The lowest BCUT2D eigenvalue weighted by atomic mass is 10.1. The fourth-order valence-electron chi connectivity index (χ4n) is 3.31. The van der Waals surface area contributed by atoms with E-state index in [0.717, 1.165) is 13.0 Å². The quantitative estimate of drug-likeness (QED) is 0.821. The fourth-order valence-corrected chi connectivity index (χ4v) is 3.31. The minimum atomic E-state index is -0.310. The number of nitrogens with zero attached hydrogens (tertiary/aromatic N) is 1. The van der Waals surface area contributed by atoms with Crippen LogP contribution in [-0.2, 0) is 0 Å². The van der Waals surface area contributed by atoms with Crippen molar-refractivity contribution in [3.63, 3.8) is 0 Å². The summed E-state index contributed by atoms with van der Waals surface area (Å²) in [5.74, 6) is 0.208. The lowest BCUT2D eigenvalue weighted by molar-refractivity contribution is 0.318. The van der Waals surface area contributed by atoms with Gasteiger partial charge in [0.2, 0.25) is 0 Å². The van der Waals surface area contributed by atoms with Crippen molar-refractivity contribution < 1.29 is 9.13 Å². The molecule has 0 radical (unpaired) electrons. The molecule has 0 spiro atoms. The van der Waals surface area contributed by atoms with Crippen LogP contribution in [0.3, 0.4) is 0 Å². The Balaban J connectivity index is 1.79. The van der Waals surface area contributed by atoms with Crippen LogP contribution in [-0.4, -0.2) is 37.2 Å². The molecule has 0 bridgehead atoms. The van der Waals surface area contributed by atoms with E-state index in [1.165, 1.54) is 25.5 Å². The molecular formula is C14H20FN3O. The Morgan fingerprint density at radius 3 is 3.00 bits per heavy atom. The number of hydrogen-bond donors (Lipinski definition) is 2. The van der Waals surface area contributed by atoms with E-state index in [2.05, 4.69) is 10.2 Å². The molecule has 0 aromatic heterocycles. The maximum atomic E-state index is 14.0. The predicted molar refractivity (Wildman–Crippen MR) is 74.0 cm³/mol. The van der Waals surface area contributed by atoms with Gasteiger partial charge in [-0.3, -0.25) is 4.90 Å². The third-order valence-corrected chi connectivity index (χ3v) is 4.27. The van der Waals surface area contributed by atoms with Gasteiger partial charge in [0.05, 0.1) is 18.5 Å². The molecule has 2 heterocycles. The number of methoxy groups -OCH3 is 1. The van der Waals surface area contributed by atoms with E-state index in [1.807, 2.05) is 0 Å². The van der Waals surface area contributed by atoms with E-state index in [4.69, 9.17) is 10.5 Å². The van der Waals surface area contributed by atoms with Gasteiger partial charge in [0.15, 0.2) is 0 Å². The van der Waals surface area contributed by atoms with Gasteiger partial charge in [-0.1, -0.05) is 0 Å². The number of nitrogen functional groups attached to an aromatic ring is 1. The molecule has 19 heavy (non-hydrogen) atoms. The molecule has 2 fully saturated rings. The van der Waals surface area contributed by atoms with Crippen molar-refractivity contribution in [2.24, 2.45) is 0 Å². The number of nitrogens with two attached hydrogens (primary N) is 1. The van der Waals surface area contributed by atoms with E-state index < -0.39 is 0 Å². The lowest BCUT2D eigenvalue weighted by Crippen LogP contribution is -2.34. The first-order valence-electron chi connectivity index (χ1n) is 6.82. The number of halogens is 1. The maximum Gasteiger partial charge on any atom is 0.148 e. The van der Waals surface area contributed by atoms with Crippen LogP contribution < -0.4 is 15.8 Å². The predicted octanol–water partition coefficient (Wildman–Crippen LogP) is 2.07. The Bertz CT molecular complexity index is 480. The third-order valence-electron chi connectivity index (χ3n) is 4.27. The number of benzene rings is 1. The van der Waals surface area contributed by atoms with Gasteiger partial charge in [-0.2, -0.15) is 0 Å². The monoisotopic (exact) mass is 265 g/mol. The minimum absolute atomic E-state index is 0.310. The smallest absolute Gasteiger partial charge is 0.148 e. The lowest BCUT2D eigenvalue weighted by Gasteiger charge is -2.23. The van der Waals surface area contributed by atoms with Crippen molar-refractivity contribution in [3.05, 3.63) is 17.9 Å². The highest BCUT2D eigenvalue weighted by Crippen LogP contribution is 2.33. The summed E-state index contributed by atoms with van der Waals surface area (Å²) in [6.07, 6.45) is 3.51. The van der Waals surface area contributed by atoms with Gasteiger partial charge in [0.25, 0.3) is 0 Å². The van der Waals surface area contributed by atoms with Gasteiger partial charge >= 0.3 is 0 Å². The first-order valence-corrected chi connectivity index (χ1v) is 6.82. The molecule has 0 aliphatic carbocycles. The average Bonchev–Trinajstić information content (AvgIpc) is 2.97. The number of rotatable bonds is 3. The van der Waals surface area contributed by atoms with Crippen LogP contribution in [0.15, 0.2) is 12.1 Å². The summed E-state index contributed by atoms with van der Waals surface area (Å²) in [4.78, 5) is 2.49. The Kier molecular flexibility index (Phi) is 3.22. The zero-order valence-corrected chi connectivity index (χ0v) is 11.2. The van der Waals surface area contributed by atoms with Crippen LogP contribution in [0.25, 0.3) is 0 Å². The molecule has 3 N–H and O–H groups in total. The molecule has 0 saturated carbocycles. The summed E-state index contributed by atoms with van der Waals surface area (Å²) < 4.78 is 19.1. The van der Waals surface area contributed by atoms with Gasteiger partial charge in [-0.25, -0.2) is 4.39 Å². The number of hydrogen-bond acceptors (Lipinski definition) is 4. The average molecular weight is 265 g/mol. The fraction of sp³-hybridized carbons (Fsp3) is 0.571. The van der Waals surface area contributed by atoms with Crippen molar-refractivity contribution >= 4 is 11.4 Å². The molecule has 1 aromatic rings. The van der Waals surface area contributed by atoms with Crippen LogP contribution in [0.5, 0.6) is 5.75 Å². The number of fused-ring (bicyclic) bond motifs is 1. The topological polar surface area (TPSA) is 50.5 Å².